The SMILES string of the molecule is CCC(CC)C(=O)NCC(=O)Nc1cccc(-c2ccnc3c(C(=O)c4cccs4)cnn23)c1. The number of amides is 2. The van der Waals surface area contributed by atoms with Crippen LogP contribution in [0.1, 0.15) is 41.9 Å². The number of rotatable bonds is 9. The standard InChI is InChI=1S/C25H25N5O3S/c1-3-16(4-2)25(33)27-15-22(31)29-18-8-5-7-17(13-18)20-10-11-26-24-19(14-28-30(20)24)23(32)21-9-6-12-34-21/h5-14,16H,3-4,15H2,1-2H3,(H,27,33)(H,29,31). The Kier molecular flexibility index (Phi) is 7.12. The quantitative estimate of drug-likeness (QED) is 0.353. The summed E-state index contributed by atoms with van der Waals surface area (Å²) < 4.78 is 1.62. The van der Waals surface area contributed by atoms with E-state index in [9.17, 15) is 14.4 Å². The first kappa shape index (κ1) is 23.3. The molecule has 0 saturated heterocycles. The Morgan fingerprint density at radius 3 is 2.65 bits per heavy atom. The van der Waals surface area contributed by atoms with Gasteiger partial charge in [0.15, 0.2) is 5.65 Å². The number of carbonyl (C=O) groups excluding carboxylic acids is 3. The van der Waals surface area contributed by atoms with Crippen LogP contribution in [0.5, 0.6) is 0 Å². The van der Waals surface area contributed by atoms with Crippen molar-refractivity contribution in [3.8, 4) is 11.3 Å². The third-order valence-electron chi connectivity index (χ3n) is 5.61. The molecular formula is C25H25N5O3S. The Morgan fingerprint density at radius 1 is 1.09 bits per heavy atom. The molecule has 0 radical (unpaired) electrons. The maximum atomic E-state index is 12.8. The smallest absolute Gasteiger partial charge is 0.243 e. The second-order valence-electron chi connectivity index (χ2n) is 7.79. The van der Waals surface area contributed by atoms with Crippen LogP contribution in [0.2, 0.25) is 0 Å². The molecule has 0 aliphatic rings. The lowest BCUT2D eigenvalue weighted by molar-refractivity contribution is -0.127. The fraction of sp³-hybridized carbons (Fsp3) is 0.240. The number of ketones is 1. The molecule has 4 aromatic rings. The average Bonchev–Trinajstić information content (AvgIpc) is 3.54. The summed E-state index contributed by atoms with van der Waals surface area (Å²) in [5.74, 6) is -0.624. The number of fused-ring (bicyclic) bond motifs is 1. The van der Waals surface area contributed by atoms with E-state index in [1.54, 1.807) is 28.9 Å². The zero-order valence-corrected chi connectivity index (χ0v) is 19.8. The van der Waals surface area contributed by atoms with Crippen LogP contribution in [0.25, 0.3) is 16.9 Å². The Balaban J connectivity index is 1.53. The van der Waals surface area contributed by atoms with Crippen LogP contribution in [0, 0.1) is 5.92 Å². The van der Waals surface area contributed by atoms with Crippen LogP contribution in [0.3, 0.4) is 0 Å². The van der Waals surface area contributed by atoms with Crippen molar-refractivity contribution in [3.05, 3.63) is 70.7 Å². The van der Waals surface area contributed by atoms with Crippen LogP contribution in [-0.2, 0) is 9.59 Å². The minimum atomic E-state index is -0.306. The Hall–Kier alpha value is -3.85. The summed E-state index contributed by atoms with van der Waals surface area (Å²) in [5, 5.41) is 11.8. The van der Waals surface area contributed by atoms with E-state index < -0.39 is 0 Å². The molecule has 3 heterocycles. The Bertz CT molecular complexity index is 1330. The number of benzene rings is 1. The van der Waals surface area contributed by atoms with Gasteiger partial charge in [-0.05, 0) is 42.5 Å². The molecule has 2 N–H and O–H groups in total. The molecular weight excluding hydrogens is 450 g/mol. The van der Waals surface area contributed by atoms with Crippen molar-refractivity contribution in [1.29, 1.82) is 0 Å². The first-order valence-corrected chi connectivity index (χ1v) is 12.0. The minimum Gasteiger partial charge on any atom is -0.347 e. The van der Waals surface area contributed by atoms with Crippen molar-refractivity contribution in [2.45, 2.75) is 26.7 Å². The summed E-state index contributed by atoms with van der Waals surface area (Å²) in [6.07, 6.45) is 4.64. The highest BCUT2D eigenvalue weighted by Crippen LogP contribution is 2.25. The molecule has 9 heteroatoms. The fourth-order valence-electron chi connectivity index (χ4n) is 3.74. The van der Waals surface area contributed by atoms with Gasteiger partial charge >= 0.3 is 0 Å². The number of nitrogens with one attached hydrogen (secondary N) is 2. The highest BCUT2D eigenvalue weighted by atomic mass is 32.1. The lowest BCUT2D eigenvalue weighted by atomic mass is 10.0. The molecule has 4 rings (SSSR count). The summed E-state index contributed by atoms with van der Waals surface area (Å²) in [6.45, 7) is 3.82. The van der Waals surface area contributed by atoms with Gasteiger partial charge in [-0.1, -0.05) is 32.0 Å². The molecule has 34 heavy (non-hydrogen) atoms. The van der Waals surface area contributed by atoms with Gasteiger partial charge < -0.3 is 10.6 Å². The first-order chi connectivity index (χ1) is 16.5. The van der Waals surface area contributed by atoms with E-state index in [-0.39, 0.29) is 30.1 Å². The van der Waals surface area contributed by atoms with Gasteiger partial charge in [-0.3, -0.25) is 14.4 Å². The van der Waals surface area contributed by atoms with Crippen molar-refractivity contribution in [2.24, 2.45) is 5.92 Å². The van der Waals surface area contributed by atoms with E-state index in [1.165, 1.54) is 17.5 Å². The molecule has 0 unspecified atom stereocenters. The molecule has 2 amide bonds. The summed E-state index contributed by atoms with van der Waals surface area (Å²) in [6, 6.07) is 12.7. The second kappa shape index (κ2) is 10.4. The van der Waals surface area contributed by atoms with E-state index in [1.807, 2.05) is 43.5 Å². The zero-order chi connectivity index (χ0) is 24.1. The third-order valence-corrected chi connectivity index (χ3v) is 6.48. The largest absolute Gasteiger partial charge is 0.347 e. The van der Waals surface area contributed by atoms with Gasteiger partial charge in [-0.15, -0.1) is 11.3 Å². The Morgan fingerprint density at radius 2 is 1.91 bits per heavy atom. The van der Waals surface area contributed by atoms with Gasteiger partial charge in [0.25, 0.3) is 0 Å². The maximum absolute atomic E-state index is 12.8. The van der Waals surface area contributed by atoms with Crippen molar-refractivity contribution >= 4 is 40.3 Å². The molecule has 0 saturated carbocycles. The van der Waals surface area contributed by atoms with E-state index in [4.69, 9.17) is 0 Å². The number of aromatic nitrogens is 3. The van der Waals surface area contributed by atoms with Crippen LogP contribution >= 0.6 is 11.3 Å². The van der Waals surface area contributed by atoms with Gasteiger partial charge in [0.05, 0.1) is 28.9 Å². The predicted molar refractivity (Wildman–Crippen MR) is 132 cm³/mol. The predicted octanol–water partition coefficient (Wildman–Crippen LogP) is 4.18. The number of hydrogen-bond donors (Lipinski definition) is 2. The normalized spacial score (nSPS) is 11.0. The molecule has 0 atom stereocenters. The molecule has 0 aliphatic carbocycles. The number of nitrogens with zero attached hydrogens (tertiary/aromatic N) is 3. The van der Waals surface area contributed by atoms with Gasteiger partial charge in [-0.2, -0.15) is 5.10 Å². The third kappa shape index (κ3) is 4.89. The molecule has 1 aromatic carbocycles. The van der Waals surface area contributed by atoms with E-state index in [0.29, 0.717) is 21.8 Å². The molecule has 8 nitrogen and oxygen atoms in total. The van der Waals surface area contributed by atoms with Crippen LogP contribution < -0.4 is 10.6 Å². The fourth-order valence-corrected chi connectivity index (χ4v) is 4.42. The Labute approximate surface area is 201 Å². The first-order valence-electron chi connectivity index (χ1n) is 11.1. The molecule has 3 aromatic heterocycles. The second-order valence-corrected chi connectivity index (χ2v) is 8.74. The van der Waals surface area contributed by atoms with E-state index in [0.717, 1.165) is 24.1 Å². The topological polar surface area (TPSA) is 105 Å². The highest BCUT2D eigenvalue weighted by Gasteiger charge is 2.19. The number of hydrogen-bond acceptors (Lipinski definition) is 6. The number of anilines is 1. The van der Waals surface area contributed by atoms with Crippen LogP contribution in [0.15, 0.2) is 60.2 Å². The van der Waals surface area contributed by atoms with Crippen molar-refractivity contribution in [1.82, 2.24) is 19.9 Å². The molecule has 0 spiro atoms. The summed E-state index contributed by atoms with van der Waals surface area (Å²) in [7, 11) is 0. The summed E-state index contributed by atoms with van der Waals surface area (Å²) >= 11 is 1.37. The van der Waals surface area contributed by atoms with Gasteiger partial charge in [0.2, 0.25) is 17.6 Å². The monoisotopic (exact) mass is 475 g/mol. The van der Waals surface area contributed by atoms with Crippen molar-refractivity contribution in [2.75, 3.05) is 11.9 Å². The van der Waals surface area contributed by atoms with Crippen molar-refractivity contribution < 1.29 is 14.4 Å². The highest BCUT2D eigenvalue weighted by molar-refractivity contribution is 7.12. The molecule has 174 valence electrons. The summed E-state index contributed by atoms with van der Waals surface area (Å²) in [5.41, 5.74) is 3.01. The van der Waals surface area contributed by atoms with Gasteiger partial charge in [-0.25, -0.2) is 9.50 Å². The number of carbonyl (C=O) groups is 3. The minimum absolute atomic E-state index is 0.0871. The van der Waals surface area contributed by atoms with Crippen LogP contribution in [0.4, 0.5) is 5.69 Å². The maximum Gasteiger partial charge on any atom is 0.243 e. The number of thiophene rings is 1. The average molecular weight is 476 g/mol. The summed E-state index contributed by atoms with van der Waals surface area (Å²) in [4.78, 5) is 42.3. The zero-order valence-electron chi connectivity index (χ0n) is 18.9. The lowest BCUT2D eigenvalue weighted by Gasteiger charge is -2.13. The van der Waals surface area contributed by atoms with Gasteiger partial charge in [0.1, 0.15) is 0 Å². The van der Waals surface area contributed by atoms with Crippen LogP contribution in [-0.4, -0.2) is 38.7 Å². The van der Waals surface area contributed by atoms with Gasteiger partial charge in [0, 0.05) is 23.4 Å². The molecule has 0 fully saturated rings. The van der Waals surface area contributed by atoms with E-state index >= 15 is 0 Å². The molecule has 0 aliphatic heterocycles. The van der Waals surface area contributed by atoms with Crippen molar-refractivity contribution in [3.63, 3.8) is 0 Å². The lowest BCUT2D eigenvalue weighted by Crippen LogP contribution is -2.36. The molecule has 0 bridgehead atoms. The van der Waals surface area contributed by atoms with E-state index in [2.05, 4.69) is 20.7 Å².